The van der Waals surface area contributed by atoms with Crippen molar-refractivity contribution in [3.05, 3.63) is 35.9 Å². The summed E-state index contributed by atoms with van der Waals surface area (Å²) in [6, 6.07) is 9.98. The Balaban J connectivity index is 1.84. The molecule has 0 radical (unpaired) electrons. The molecule has 1 amide bonds. The summed E-state index contributed by atoms with van der Waals surface area (Å²) in [6.07, 6.45) is 3.28. The molecule has 2 rings (SSSR count). The van der Waals surface area contributed by atoms with Gasteiger partial charge in [-0.05, 0) is 37.8 Å². The molecule has 0 aromatic heterocycles. The number of amides is 1. The van der Waals surface area contributed by atoms with Gasteiger partial charge < -0.3 is 10.6 Å². The summed E-state index contributed by atoms with van der Waals surface area (Å²) in [6.45, 7) is 0.839. The van der Waals surface area contributed by atoms with E-state index in [-0.39, 0.29) is 11.9 Å². The van der Waals surface area contributed by atoms with Crippen LogP contribution in [0.2, 0.25) is 0 Å². The van der Waals surface area contributed by atoms with Gasteiger partial charge in [-0.3, -0.25) is 4.79 Å². The van der Waals surface area contributed by atoms with E-state index in [0.29, 0.717) is 0 Å². The average Bonchev–Trinajstić information content (AvgIpc) is 3.18. The van der Waals surface area contributed by atoms with Crippen molar-refractivity contribution < 1.29 is 4.79 Å². The van der Waals surface area contributed by atoms with Crippen LogP contribution >= 0.6 is 0 Å². The fraction of sp³-hybridized carbons (Fsp3) is 0.500. The smallest absolute Gasteiger partial charge is 0.237 e. The lowest BCUT2D eigenvalue weighted by molar-refractivity contribution is -0.123. The number of hydrogen-bond donors (Lipinski definition) is 2. The van der Waals surface area contributed by atoms with Gasteiger partial charge in [0.25, 0.3) is 0 Å². The zero-order valence-electron chi connectivity index (χ0n) is 10.3. The third kappa shape index (κ3) is 3.86. The number of benzene rings is 1. The predicted molar refractivity (Wildman–Crippen MR) is 68.7 cm³/mol. The van der Waals surface area contributed by atoms with Gasteiger partial charge >= 0.3 is 0 Å². The van der Waals surface area contributed by atoms with Gasteiger partial charge in [-0.2, -0.15) is 0 Å². The van der Waals surface area contributed by atoms with Crippen LogP contribution in [0.4, 0.5) is 0 Å². The Hall–Kier alpha value is -1.35. The van der Waals surface area contributed by atoms with Crippen LogP contribution in [-0.4, -0.2) is 25.5 Å². The first kappa shape index (κ1) is 12.1. The lowest BCUT2D eigenvalue weighted by Crippen LogP contribution is -2.44. The molecule has 1 saturated carbocycles. The molecule has 92 valence electrons. The van der Waals surface area contributed by atoms with E-state index in [1.807, 2.05) is 25.2 Å². The molecule has 0 saturated heterocycles. The van der Waals surface area contributed by atoms with Crippen LogP contribution in [0.3, 0.4) is 0 Å². The highest BCUT2D eigenvalue weighted by atomic mass is 16.2. The molecule has 0 heterocycles. The van der Waals surface area contributed by atoms with Gasteiger partial charge in [-0.25, -0.2) is 0 Å². The molecule has 0 spiro atoms. The molecule has 1 fully saturated rings. The number of likely N-dealkylation sites (N-methyl/N-ethyl adjacent to an activating group) is 1. The molecule has 2 N–H and O–H groups in total. The Kier molecular flexibility index (Phi) is 4.15. The van der Waals surface area contributed by atoms with E-state index in [4.69, 9.17) is 0 Å². The molecule has 1 aromatic rings. The van der Waals surface area contributed by atoms with Crippen molar-refractivity contribution in [3.63, 3.8) is 0 Å². The second-order valence-electron chi connectivity index (χ2n) is 4.72. The summed E-state index contributed by atoms with van der Waals surface area (Å²) in [5.41, 5.74) is 1.19. The first-order valence-corrected chi connectivity index (χ1v) is 6.28. The van der Waals surface area contributed by atoms with Crippen molar-refractivity contribution in [1.82, 2.24) is 10.6 Å². The highest BCUT2D eigenvalue weighted by Gasteiger charge is 2.23. The lowest BCUT2D eigenvalue weighted by atomic mass is 10.1. The van der Waals surface area contributed by atoms with Crippen molar-refractivity contribution in [1.29, 1.82) is 0 Å². The minimum absolute atomic E-state index is 0.114. The Labute approximate surface area is 103 Å². The number of carbonyl (C=O) groups is 1. The minimum Gasteiger partial charge on any atom is -0.354 e. The molecular weight excluding hydrogens is 212 g/mol. The number of rotatable bonds is 6. The van der Waals surface area contributed by atoms with Crippen molar-refractivity contribution in [2.75, 3.05) is 13.6 Å². The Morgan fingerprint density at radius 1 is 1.35 bits per heavy atom. The summed E-state index contributed by atoms with van der Waals surface area (Å²) in [5, 5.41) is 6.10. The van der Waals surface area contributed by atoms with E-state index in [0.717, 1.165) is 18.9 Å². The molecular formula is C14H20N2O. The van der Waals surface area contributed by atoms with E-state index >= 15 is 0 Å². The summed E-state index contributed by atoms with van der Waals surface area (Å²) in [4.78, 5) is 11.9. The highest BCUT2D eigenvalue weighted by Crippen LogP contribution is 2.27. The lowest BCUT2D eigenvalue weighted by Gasteiger charge is -2.16. The largest absolute Gasteiger partial charge is 0.354 e. The van der Waals surface area contributed by atoms with E-state index in [1.54, 1.807) is 0 Å². The Bertz CT molecular complexity index is 360. The van der Waals surface area contributed by atoms with Gasteiger partial charge in [0.2, 0.25) is 5.91 Å². The maximum absolute atomic E-state index is 11.9. The summed E-state index contributed by atoms with van der Waals surface area (Å²) < 4.78 is 0. The molecule has 1 aliphatic rings. The van der Waals surface area contributed by atoms with Gasteiger partial charge in [-0.15, -0.1) is 0 Å². The maximum atomic E-state index is 11.9. The summed E-state index contributed by atoms with van der Waals surface area (Å²) >= 11 is 0. The van der Waals surface area contributed by atoms with E-state index in [1.165, 1.54) is 18.4 Å². The van der Waals surface area contributed by atoms with Crippen molar-refractivity contribution in [2.45, 2.75) is 25.3 Å². The van der Waals surface area contributed by atoms with Crippen LogP contribution in [0, 0.1) is 5.92 Å². The fourth-order valence-electron chi connectivity index (χ4n) is 1.87. The quantitative estimate of drug-likeness (QED) is 0.777. The first-order valence-electron chi connectivity index (χ1n) is 6.28. The van der Waals surface area contributed by atoms with Crippen LogP contribution < -0.4 is 10.6 Å². The zero-order chi connectivity index (χ0) is 12.1. The normalized spacial score (nSPS) is 16.5. The molecule has 1 aliphatic carbocycles. The monoisotopic (exact) mass is 232 g/mol. The van der Waals surface area contributed by atoms with E-state index in [2.05, 4.69) is 22.8 Å². The van der Waals surface area contributed by atoms with Crippen molar-refractivity contribution >= 4 is 5.91 Å². The molecule has 17 heavy (non-hydrogen) atoms. The summed E-state index contributed by atoms with van der Waals surface area (Å²) in [5.74, 6) is 0.844. The zero-order valence-corrected chi connectivity index (χ0v) is 10.3. The topological polar surface area (TPSA) is 41.1 Å². The minimum atomic E-state index is -0.129. The number of nitrogens with one attached hydrogen (secondary N) is 2. The molecule has 1 aromatic carbocycles. The van der Waals surface area contributed by atoms with Gasteiger partial charge in [0.1, 0.15) is 0 Å². The third-order valence-electron chi connectivity index (χ3n) is 3.21. The molecule has 3 heteroatoms. The fourth-order valence-corrected chi connectivity index (χ4v) is 1.87. The highest BCUT2D eigenvalue weighted by molar-refractivity contribution is 5.82. The van der Waals surface area contributed by atoms with Gasteiger partial charge in [0, 0.05) is 6.54 Å². The van der Waals surface area contributed by atoms with Crippen LogP contribution in [-0.2, 0) is 11.2 Å². The second kappa shape index (κ2) is 5.82. The Morgan fingerprint density at radius 3 is 2.65 bits per heavy atom. The van der Waals surface area contributed by atoms with Gasteiger partial charge in [-0.1, -0.05) is 30.3 Å². The predicted octanol–water partition coefficient (Wildman–Crippen LogP) is 1.34. The molecule has 0 unspecified atom stereocenters. The third-order valence-corrected chi connectivity index (χ3v) is 3.21. The van der Waals surface area contributed by atoms with Crippen LogP contribution in [0.5, 0.6) is 0 Å². The first-order chi connectivity index (χ1) is 8.29. The van der Waals surface area contributed by atoms with Crippen molar-refractivity contribution in [2.24, 2.45) is 5.92 Å². The van der Waals surface area contributed by atoms with Crippen LogP contribution in [0.1, 0.15) is 18.4 Å². The van der Waals surface area contributed by atoms with Gasteiger partial charge in [0.05, 0.1) is 6.04 Å². The molecule has 1 atom stereocenters. The van der Waals surface area contributed by atoms with E-state index < -0.39 is 0 Å². The second-order valence-corrected chi connectivity index (χ2v) is 4.72. The van der Waals surface area contributed by atoms with Gasteiger partial charge in [0.15, 0.2) is 0 Å². The standard InChI is InChI=1S/C14H20N2O/c1-15-13(9-11-5-3-2-4-6-11)14(17)16-10-12-7-8-12/h2-6,12-13,15H,7-10H2,1H3,(H,16,17)/t13-/m1/s1. The van der Waals surface area contributed by atoms with Crippen LogP contribution in [0.15, 0.2) is 30.3 Å². The number of hydrogen-bond acceptors (Lipinski definition) is 2. The molecule has 3 nitrogen and oxygen atoms in total. The van der Waals surface area contributed by atoms with Crippen LogP contribution in [0.25, 0.3) is 0 Å². The Morgan fingerprint density at radius 2 is 2.06 bits per heavy atom. The SMILES string of the molecule is CN[C@H](Cc1ccccc1)C(=O)NCC1CC1. The maximum Gasteiger partial charge on any atom is 0.237 e. The average molecular weight is 232 g/mol. The number of carbonyl (C=O) groups excluding carboxylic acids is 1. The molecule has 0 bridgehead atoms. The summed E-state index contributed by atoms with van der Waals surface area (Å²) in [7, 11) is 1.84. The molecule has 0 aliphatic heterocycles. The van der Waals surface area contributed by atoms with E-state index in [9.17, 15) is 4.79 Å². The van der Waals surface area contributed by atoms with Crippen molar-refractivity contribution in [3.8, 4) is 0 Å².